The van der Waals surface area contributed by atoms with Crippen molar-refractivity contribution in [3.63, 3.8) is 0 Å². The van der Waals surface area contributed by atoms with Crippen molar-refractivity contribution < 1.29 is 14.3 Å². The van der Waals surface area contributed by atoms with E-state index >= 15 is 0 Å². The van der Waals surface area contributed by atoms with E-state index in [1.54, 1.807) is 19.2 Å². The fourth-order valence-electron chi connectivity index (χ4n) is 0.974. The third-order valence-corrected chi connectivity index (χ3v) is 2.78. The van der Waals surface area contributed by atoms with Gasteiger partial charge in [0.05, 0.1) is 19.2 Å². The van der Waals surface area contributed by atoms with Crippen LogP contribution in [-0.4, -0.2) is 29.5 Å². The van der Waals surface area contributed by atoms with Crippen molar-refractivity contribution in [2.75, 3.05) is 7.11 Å². The summed E-state index contributed by atoms with van der Waals surface area (Å²) in [4.78, 5) is 26.6. The van der Waals surface area contributed by atoms with E-state index < -0.39 is 11.5 Å². The van der Waals surface area contributed by atoms with Crippen LogP contribution in [0.5, 0.6) is 0 Å². The number of aromatic nitrogens is 1. The Labute approximate surface area is 103 Å². The highest BCUT2D eigenvalue weighted by atomic mass is 32.1. The minimum Gasteiger partial charge on any atom is -0.464 e. The number of esters is 1. The minimum atomic E-state index is -0.928. The van der Waals surface area contributed by atoms with E-state index in [1.807, 2.05) is 0 Å². The van der Waals surface area contributed by atoms with Crippen LogP contribution in [0.3, 0.4) is 0 Å². The third-order valence-electron chi connectivity index (χ3n) is 1.93. The number of hydrogen-bond acceptors (Lipinski definition) is 6. The number of thiazole rings is 1. The topological polar surface area (TPSA) is 94.3 Å². The zero-order chi connectivity index (χ0) is 13.1. The monoisotopic (exact) mass is 257 g/mol. The molecule has 0 aromatic carbocycles. The van der Waals surface area contributed by atoms with E-state index in [9.17, 15) is 9.59 Å². The Bertz CT molecular complexity index is 423. The molecule has 0 aliphatic rings. The Morgan fingerprint density at radius 1 is 1.59 bits per heavy atom. The number of carbonyl (C=O) groups is 2. The smallest absolute Gasteiger partial charge is 0.357 e. The average molecular weight is 257 g/mol. The summed E-state index contributed by atoms with van der Waals surface area (Å²) < 4.78 is 4.53. The Morgan fingerprint density at radius 3 is 2.76 bits per heavy atom. The maximum absolute atomic E-state index is 11.5. The number of methoxy groups -OCH3 is 1. The molecule has 0 bridgehead atoms. The van der Waals surface area contributed by atoms with Gasteiger partial charge < -0.3 is 15.8 Å². The highest BCUT2D eigenvalue weighted by Crippen LogP contribution is 2.10. The second-order valence-electron chi connectivity index (χ2n) is 4.02. The molecular weight excluding hydrogens is 242 g/mol. The molecular formula is C10H15N3O3S. The van der Waals surface area contributed by atoms with E-state index in [4.69, 9.17) is 5.73 Å². The van der Waals surface area contributed by atoms with Gasteiger partial charge in [-0.3, -0.25) is 4.79 Å². The van der Waals surface area contributed by atoms with Crippen LogP contribution < -0.4 is 11.1 Å². The Morgan fingerprint density at radius 2 is 2.24 bits per heavy atom. The van der Waals surface area contributed by atoms with E-state index in [2.05, 4.69) is 15.0 Å². The van der Waals surface area contributed by atoms with Gasteiger partial charge in [0.25, 0.3) is 0 Å². The molecule has 7 heteroatoms. The molecule has 0 saturated heterocycles. The molecule has 0 spiro atoms. The van der Waals surface area contributed by atoms with Crippen molar-refractivity contribution >= 4 is 23.2 Å². The Kier molecular flexibility index (Phi) is 4.19. The molecule has 3 N–H and O–H groups in total. The second kappa shape index (κ2) is 5.24. The lowest BCUT2D eigenvalue weighted by molar-refractivity contribution is -0.125. The molecule has 0 aliphatic heterocycles. The van der Waals surface area contributed by atoms with Crippen LogP contribution in [0.1, 0.15) is 29.3 Å². The zero-order valence-electron chi connectivity index (χ0n) is 9.94. The van der Waals surface area contributed by atoms with E-state index in [1.165, 1.54) is 18.4 Å². The van der Waals surface area contributed by atoms with Gasteiger partial charge in [0.2, 0.25) is 5.91 Å². The predicted octanol–water partition coefficient (Wildman–Crippen LogP) is 0.283. The molecule has 1 aromatic heterocycles. The molecule has 1 amide bonds. The maximum Gasteiger partial charge on any atom is 0.357 e. The Hall–Kier alpha value is -1.47. The second-order valence-corrected chi connectivity index (χ2v) is 4.97. The number of ether oxygens (including phenoxy) is 1. The summed E-state index contributed by atoms with van der Waals surface area (Å²) in [6.45, 7) is 3.48. The normalized spacial score (nSPS) is 11.1. The average Bonchev–Trinajstić information content (AvgIpc) is 2.72. The zero-order valence-corrected chi connectivity index (χ0v) is 10.8. The summed E-state index contributed by atoms with van der Waals surface area (Å²) in [5.74, 6) is -0.759. The molecule has 6 nitrogen and oxygen atoms in total. The number of amides is 1. The van der Waals surface area contributed by atoms with Crippen LogP contribution in [0.25, 0.3) is 0 Å². The maximum atomic E-state index is 11.5. The summed E-state index contributed by atoms with van der Waals surface area (Å²) in [6, 6.07) is 0. The van der Waals surface area contributed by atoms with Gasteiger partial charge in [-0.1, -0.05) is 0 Å². The van der Waals surface area contributed by atoms with Crippen molar-refractivity contribution in [1.29, 1.82) is 0 Å². The number of nitrogens with one attached hydrogen (secondary N) is 1. The molecule has 0 unspecified atom stereocenters. The van der Waals surface area contributed by atoms with Crippen molar-refractivity contribution in [2.45, 2.75) is 25.9 Å². The summed E-state index contributed by atoms with van der Waals surface area (Å²) in [5.41, 5.74) is 4.93. The van der Waals surface area contributed by atoms with Gasteiger partial charge in [-0.2, -0.15) is 0 Å². The molecule has 17 heavy (non-hydrogen) atoms. The number of rotatable bonds is 4. The molecule has 0 radical (unpaired) electrons. The molecule has 1 rings (SSSR count). The molecule has 0 atom stereocenters. The van der Waals surface area contributed by atoms with Gasteiger partial charge in [0.1, 0.15) is 5.01 Å². The minimum absolute atomic E-state index is 0.244. The quantitative estimate of drug-likeness (QED) is 0.756. The van der Waals surface area contributed by atoms with Crippen molar-refractivity contribution in [3.05, 3.63) is 16.1 Å². The van der Waals surface area contributed by atoms with Crippen LogP contribution in [0.2, 0.25) is 0 Å². The van der Waals surface area contributed by atoms with Crippen molar-refractivity contribution in [1.82, 2.24) is 10.3 Å². The number of nitrogens with two attached hydrogens (primary N) is 1. The van der Waals surface area contributed by atoms with Crippen LogP contribution >= 0.6 is 11.3 Å². The summed E-state index contributed by atoms with van der Waals surface area (Å²) >= 11 is 1.28. The van der Waals surface area contributed by atoms with E-state index in [-0.39, 0.29) is 18.1 Å². The molecule has 0 fully saturated rings. The van der Waals surface area contributed by atoms with Gasteiger partial charge in [0.15, 0.2) is 5.69 Å². The van der Waals surface area contributed by atoms with Crippen molar-refractivity contribution in [3.8, 4) is 0 Å². The SMILES string of the molecule is COC(=O)c1csc(CNC(=O)C(C)(C)N)n1. The van der Waals surface area contributed by atoms with Crippen LogP contribution in [-0.2, 0) is 16.1 Å². The van der Waals surface area contributed by atoms with Crippen LogP contribution in [0, 0.1) is 0 Å². The fraction of sp³-hybridized carbons (Fsp3) is 0.500. The van der Waals surface area contributed by atoms with Gasteiger partial charge in [-0.15, -0.1) is 11.3 Å². The lowest BCUT2D eigenvalue weighted by Crippen LogP contribution is -2.48. The summed E-state index contributed by atoms with van der Waals surface area (Å²) in [7, 11) is 1.29. The van der Waals surface area contributed by atoms with E-state index in [0.29, 0.717) is 5.01 Å². The number of carbonyl (C=O) groups excluding carboxylic acids is 2. The van der Waals surface area contributed by atoms with Crippen molar-refractivity contribution in [2.24, 2.45) is 5.73 Å². The van der Waals surface area contributed by atoms with Crippen LogP contribution in [0.4, 0.5) is 0 Å². The van der Waals surface area contributed by atoms with E-state index in [0.717, 1.165) is 0 Å². The lowest BCUT2D eigenvalue weighted by atomic mass is 10.1. The standard InChI is InChI=1S/C10H15N3O3S/c1-10(2,11)9(15)12-4-7-13-6(5-17-7)8(14)16-3/h5H,4,11H2,1-3H3,(H,12,15). The fourth-order valence-corrected chi connectivity index (χ4v) is 1.68. The number of nitrogens with zero attached hydrogens (tertiary/aromatic N) is 1. The Balaban J connectivity index is 2.56. The van der Waals surface area contributed by atoms with Gasteiger partial charge in [0, 0.05) is 5.38 Å². The summed E-state index contributed by atoms with van der Waals surface area (Å²) in [6.07, 6.45) is 0. The van der Waals surface area contributed by atoms with Gasteiger partial charge in [-0.25, -0.2) is 9.78 Å². The highest BCUT2D eigenvalue weighted by Gasteiger charge is 2.21. The molecule has 1 aromatic rings. The first-order valence-electron chi connectivity index (χ1n) is 4.94. The van der Waals surface area contributed by atoms with Gasteiger partial charge >= 0.3 is 5.97 Å². The lowest BCUT2D eigenvalue weighted by Gasteiger charge is -2.16. The van der Waals surface area contributed by atoms with Gasteiger partial charge in [-0.05, 0) is 13.8 Å². The summed E-state index contributed by atoms with van der Waals surface area (Å²) in [5, 5.41) is 4.85. The molecule has 0 saturated carbocycles. The molecule has 94 valence electrons. The largest absolute Gasteiger partial charge is 0.464 e. The molecule has 0 aliphatic carbocycles. The first-order chi connectivity index (χ1) is 7.84. The first kappa shape index (κ1) is 13.6. The highest BCUT2D eigenvalue weighted by molar-refractivity contribution is 7.09. The first-order valence-corrected chi connectivity index (χ1v) is 5.82. The number of hydrogen-bond donors (Lipinski definition) is 2. The van der Waals surface area contributed by atoms with Crippen LogP contribution in [0.15, 0.2) is 5.38 Å². The predicted molar refractivity (Wildman–Crippen MR) is 63.6 cm³/mol. The third kappa shape index (κ3) is 3.79. The molecule has 1 heterocycles.